The lowest BCUT2D eigenvalue weighted by atomic mass is 9.79. The molecular weight excluding hydrogens is 232 g/mol. The molecule has 0 radical (unpaired) electrons. The van der Waals surface area contributed by atoms with E-state index >= 15 is 0 Å². The highest BCUT2D eigenvalue weighted by Gasteiger charge is 2.34. The number of hydrogen-bond acceptors (Lipinski definition) is 6. The average Bonchev–Trinajstić information content (AvgIpc) is 2.14. The van der Waals surface area contributed by atoms with Crippen molar-refractivity contribution < 1.29 is 19.8 Å². The Morgan fingerprint density at radius 3 is 1.71 bits per heavy atom. The van der Waals surface area contributed by atoms with Gasteiger partial charge in [0.2, 0.25) is 0 Å². The lowest BCUT2D eigenvalue weighted by Crippen LogP contribution is -2.37. The Bertz CT molecular complexity index is 271. The van der Waals surface area contributed by atoms with Crippen molar-refractivity contribution in [3.63, 3.8) is 0 Å². The third-order valence-electron chi connectivity index (χ3n) is 3.07. The zero-order chi connectivity index (χ0) is 13.0. The molecule has 0 aromatic heterocycles. The highest BCUT2D eigenvalue weighted by Crippen LogP contribution is 2.33. The summed E-state index contributed by atoms with van der Waals surface area (Å²) < 4.78 is 0. The van der Waals surface area contributed by atoms with E-state index in [1.807, 2.05) is 13.8 Å². The van der Waals surface area contributed by atoms with Gasteiger partial charge in [-0.3, -0.25) is 0 Å². The summed E-state index contributed by atoms with van der Waals surface area (Å²) >= 11 is 0. The van der Waals surface area contributed by atoms with Gasteiger partial charge in [-0.1, -0.05) is 13.8 Å². The van der Waals surface area contributed by atoms with Crippen molar-refractivity contribution in [3.05, 3.63) is 20.2 Å². The summed E-state index contributed by atoms with van der Waals surface area (Å²) in [7, 11) is 0. The van der Waals surface area contributed by atoms with E-state index in [2.05, 4.69) is 9.68 Å². The molecule has 0 aliphatic heterocycles. The minimum atomic E-state index is -0.851. The molecule has 0 aromatic carbocycles. The van der Waals surface area contributed by atoms with Gasteiger partial charge in [-0.05, 0) is 24.7 Å². The summed E-state index contributed by atoms with van der Waals surface area (Å²) in [5.41, 5.74) is 0. The molecule has 98 valence electrons. The summed E-state index contributed by atoms with van der Waals surface area (Å²) in [5.74, 6) is 0.421. The first-order valence-corrected chi connectivity index (χ1v) is 5.50. The molecule has 1 aliphatic rings. The molecule has 0 N–H and O–H groups in total. The molecule has 1 fully saturated rings. The Hall–Kier alpha value is -1.60. The zero-order valence-electron chi connectivity index (χ0n) is 9.77. The molecule has 3 atom stereocenters. The lowest BCUT2D eigenvalue weighted by Gasteiger charge is -2.34. The molecule has 0 saturated heterocycles. The summed E-state index contributed by atoms with van der Waals surface area (Å²) in [6.07, 6.45) is 0.0321. The zero-order valence-corrected chi connectivity index (χ0v) is 9.77. The monoisotopic (exact) mass is 248 g/mol. The standard InChI is InChI=1S/C9H16N2O6/c1-6(2)7-3-8(16-10(12)13)5-9(4-7)17-11(14)15/h6-9H,3-5H2,1-2H3/t7-,8+,9-. The fourth-order valence-electron chi connectivity index (χ4n) is 2.22. The fourth-order valence-corrected chi connectivity index (χ4v) is 2.22. The Morgan fingerprint density at radius 1 is 1.00 bits per heavy atom. The molecule has 1 aliphatic carbocycles. The van der Waals surface area contributed by atoms with Crippen LogP contribution < -0.4 is 0 Å². The molecule has 1 saturated carbocycles. The summed E-state index contributed by atoms with van der Waals surface area (Å²) in [6.45, 7) is 3.95. The molecule has 17 heavy (non-hydrogen) atoms. The maximum Gasteiger partial charge on any atom is 0.294 e. The van der Waals surface area contributed by atoms with Gasteiger partial charge >= 0.3 is 0 Å². The third-order valence-corrected chi connectivity index (χ3v) is 3.07. The van der Waals surface area contributed by atoms with Gasteiger partial charge in [0.15, 0.2) is 0 Å². The van der Waals surface area contributed by atoms with Crippen LogP contribution in [0, 0.1) is 32.1 Å². The van der Waals surface area contributed by atoms with Crippen molar-refractivity contribution in [2.24, 2.45) is 11.8 Å². The quantitative estimate of drug-likeness (QED) is 0.540. The lowest BCUT2D eigenvalue weighted by molar-refractivity contribution is -0.781. The van der Waals surface area contributed by atoms with Crippen LogP contribution in [0.15, 0.2) is 0 Å². The van der Waals surface area contributed by atoms with E-state index < -0.39 is 22.4 Å². The Morgan fingerprint density at radius 2 is 1.41 bits per heavy atom. The maximum absolute atomic E-state index is 10.3. The van der Waals surface area contributed by atoms with Gasteiger partial charge < -0.3 is 9.68 Å². The van der Waals surface area contributed by atoms with Gasteiger partial charge in [-0.25, -0.2) is 0 Å². The minimum Gasteiger partial charge on any atom is -0.311 e. The first-order chi connectivity index (χ1) is 7.88. The molecule has 1 rings (SSSR count). The van der Waals surface area contributed by atoms with E-state index in [-0.39, 0.29) is 18.3 Å². The Labute approximate surface area is 98.1 Å². The van der Waals surface area contributed by atoms with Crippen molar-refractivity contribution in [3.8, 4) is 0 Å². The second-order valence-electron chi connectivity index (χ2n) is 4.61. The van der Waals surface area contributed by atoms with Crippen LogP contribution in [-0.2, 0) is 9.68 Å². The Balaban J connectivity index is 2.61. The SMILES string of the molecule is CC(C)[C@@H]1C[C@H](O[N+](=O)[O-])C[C@H](O[N+](=O)[O-])C1. The van der Waals surface area contributed by atoms with Crippen molar-refractivity contribution >= 4 is 0 Å². The second-order valence-corrected chi connectivity index (χ2v) is 4.61. The number of rotatable bonds is 5. The molecule has 0 aromatic rings. The molecule has 0 unspecified atom stereocenters. The highest BCUT2D eigenvalue weighted by atomic mass is 17.0. The Kier molecular flexibility index (Phi) is 4.47. The number of hydrogen-bond donors (Lipinski definition) is 0. The molecule has 0 spiro atoms. The van der Waals surface area contributed by atoms with Gasteiger partial charge in [0.1, 0.15) is 12.2 Å². The predicted octanol–water partition coefficient (Wildman–Crippen LogP) is 1.60. The van der Waals surface area contributed by atoms with Gasteiger partial charge in [0.05, 0.1) is 0 Å². The van der Waals surface area contributed by atoms with E-state index in [9.17, 15) is 20.2 Å². The third kappa shape index (κ3) is 4.41. The van der Waals surface area contributed by atoms with Crippen LogP contribution in [-0.4, -0.2) is 22.4 Å². The normalized spacial score (nSPS) is 28.8. The van der Waals surface area contributed by atoms with Crippen molar-refractivity contribution in [2.45, 2.75) is 45.3 Å². The highest BCUT2D eigenvalue weighted by molar-refractivity contribution is 4.80. The van der Waals surface area contributed by atoms with Crippen LogP contribution >= 0.6 is 0 Å². The molecule has 8 nitrogen and oxygen atoms in total. The molecule has 0 heterocycles. The first kappa shape index (κ1) is 13.5. The van der Waals surface area contributed by atoms with Crippen LogP contribution in [0.5, 0.6) is 0 Å². The summed E-state index contributed by atoms with van der Waals surface area (Å²) in [5, 5.41) is 18.9. The van der Waals surface area contributed by atoms with E-state index in [1.54, 1.807) is 0 Å². The largest absolute Gasteiger partial charge is 0.311 e. The molecule has 8 heteroatoms. The van der Waals surface area contributed by atoms with Gasteiger partial charge in [-0.2, -0.15) is 0 Å². The van der Waals surface area contributed by atoms with Gasteiger partial charge in [-0.15, -0.1) is 20.2 Å². The molecular formula is C9H16N2O6. The smallest absolute Gasteiger partial charge is 0.294 e. The summed E-state index contributed by atoms with van der Waals surface area (Å²) in [6, 6.07) is 0. The minimum absolute atomic E-state index is 0.138. The first-order valence-electron chi connectivity index (χ1n) is 5.50. The van der Waals surface area contributed by atoms with E-state index in [4.69, 9.17) is 0 Å². The van der Waals surface area contributed by atoms with Crippen molar-refractivity contribution in [2.75, 3.05) is 0 Å². The second kappa shape index (κ2) is 5.65. The number of nitrogens with zero attached hydrogens (tertiary/aromatic N) is 2. The fraction of sp³-hybridized carbons (Fsp3) is 1.00. The van der Waals surface area contributed by atoms with E-state index in [0.717, 1.165) is 0 Å². The van der Waals surface area contributed by atoms with Crippen molar-refractivity contribution in [1.82, 2.24) is 0 Å². The maximum atomic E-state index is 10.3. The summed E-state index contributed by atoms with van der Waals surface area (Å²) in [4.78, 5) is 29.6. The molecule has 0 amide bonds. The van der Waals surface area contributed by atoms with Gasteiger partial charge in [0.25, 0.3) is 10.2 Å². The van der Waals surface area contributed by atoms with E-state index in [1.165, 1.54) is 0 Å². The van der Waals surface area contributed by atoms with Crippen LogP contribution in [0.3, 0.4) is 0 Å². The molecule has 0 bridgehead atoms. The topological polar surface area (TPSA) is 105 Å². The van der Waals surface area contributed by atoms with E-state index in [0.29, 0.717) is 12.8 Å². The van der Waals surface area contributed by atoms with Crippen LogP contribution in [0.25, 0.3) is 0 Å². The van der Waals surface area contributed by atoms with Crippen molar-refractivity contribution in [1.29, 1.82) is 0 Å². The van der Waals surface area contributed by atoms with Crippen LogP contribution in [0.4, 0.5) is 0 Å². The average molecular weight is 248 g/mol. The predicted molar refractivity (Wildman–Crippen MR) is 55.9 cm³/mol. The van der Waals surface area contributed by atoms with Crippen LogP contribution in [0.1, 0.15) is 33.1 Å². The van der Waals surface area contributed by atoms with Crippen LogP contribution in [0.2, 0.25) is 0 Å². The van der Waals surface area contributed by atoms with Gasteiger partial charge in [0, 0.05) is 6.42 Å².